The van der Waals surface area contributed by atoms with Gasteiger partial charge in [0, 0.05) is 0 Å². The lowest BCUT2D eigenvalue weighted by molar-refractivity contribution is 0.00578. The molecule has 7 heteroatoms. The van der Waals surface area contributed by atoms with Crippen LogP contribution in [0.3, 0.4) is 0 Å². The zero-order valence-electron chi connectivity index (χ0n) is 22.4. The van der Waals surface area contributed by atoms with Crippen LogP contribution in [0.15, 0.2) is 54.6 Å². The number of hydrogen-bond acceptors (Lipinski definition) is 5. The Morgan fingerprint density at radius 1 is 0.611 bits per heavy atom. The van der Waals surface area contributed by atoms with E-state index in [2.05, 4.69) is 91.8 Å². The predicted octanol–water partition coefficient (Wildman–Crippen LogP) is 4.98. The predicted molar refractivity (Wildman–Crippen MR) is 146 cm³/mol. The summed E-state index contributed by atoms with van der Waals surface area (Å²) in [5.74, 6) is 0. The topological polar surface area (TPSA) is 60.7 Å². The Balaban J connectivity index is 1.62. The lowest BCUT2D eigenvalue weighted by Gasteiger charge is -2.32. The van der Waals surface area contributed by atoms with Crippen LogP contribution in [0.2, 0.25) is 0 Å². The standard InChI is InChI=1S/C29H33B2NO4/c1-26(2)27(3,4)34-30(33-26)23-14-13-21-16-24(20-11-9-19(18-32)10-12-20)25(17-22(21)15-23)31-35-28(5,6)29(7,8)36-31/h9-17H,1-8H3. The first-order valence-corrected chi connectivity index (χ1v) is 12.5. The molecule has 0 atom stereocenters. The lowest BCUT2D eigenvalue weighted by Crippen LogP contribution is -2.41. The average Bonchev–Trinajstić information content (AvgIpc) is 3.17. The van der Waals surface area contributed by atoms with Gasteiger partial charge < -0.3 is 18.6 Å². The molecule has 0 spiro atoms. The van der Waals surface area contributed by atoms with E-state index in [4.69, 9.17) is 18.6 Å². The van der Waals surface area contributed by atoms with Crippen molar-refractivity contribution in [2.45, 2.75) is 77.8 Å². The molecule has 0 amide bonds. The minimum absolute atomic E-state index is 0.403. The number of fused-ring (bicyclic) bond motifs is 1. The molecule has 0 unspecified atom stereocenters. The molecule has 0 radical (unpaired) electrons. The number of benzene rings is 3. The highest BCUT2D eigenvalue weighted by Crippen LogP contribution is 2.39. The normalized spacial score (nSPS) is 21.6. The Bertz CT molecular complexity index is 1340. The van der Waals surface area contributed by atoms with Crippen molar-refractivity contribution in [2.75, 3.05) is 0 Å². The Labute approximate surface area is 215 Å². The minimum atomic E-state index is -0.523. The van der Waals surface area contributed by atoms with Crippen molar-refractivity contribution in [3.63, 3.8) is 0 Å². The van der Waals surface area contributed by atoms with E-state index < -0.39 is 36.6 Å². The van der Waals surface area contributed by atoms with Crippen molar-refractivity contribution in [3.05, 3.63) is 60.2 Å². The fourth-order valence-corrected chi connectivity index (χ4v) is 4.60. The van der Waals surface area contributed by atoms with Crippen LogP contribution in [0.25, 0.3) is 21.9 Å². The van der Waals surface area contributed by atoms with Crippen LogP contribution < -0.4 is 10.9 Å². The number of rotatable bonds is 3. The van der Waals surface area contributed by atoms with Crippen LogP contribution in [-0.4, -0.2) is 36.6 Å². The van der Waals surface area contributed by atoms with Gasteiger partial charge in [-0.25, -0.2) is 0 Å². The summed E-state index contributed by atoms with van der Waals surface area (Å²) in [7, 11) is -0.955. The molecule has 0 aliphatic carbocycles. The summed E-state index contributed by atoms with van der Waals surface area (Å²) >= 11 is 0. The molecule has 36 heavy (non-hydrogen) atoms. The summed E-state index contributed by atoms with van der Waals surface area (Å²) in [5, 5.41) is 11.4. The number of nitriles is 1. The Morgan fingerprint density at radius 2 is 1.14 bits per heavy atom. The van der Waals surface area contributed by atoms with E-state index in [9.17, 15) is 5.26 Å². The van der Waals surface area contributed by atoms with Crippen LogP contribution >= 0.6 is 0 Å². The maximum atomic E-state index is 9.25. The van der Waals surface area contributed by atoms with E-state index in [1.807, 2.05) is 24.3 Å². The van der Waals surface area contributed by atoms with Crippen LogP contribution in [0.4, 0.5) is 0 Å². The molecule has 2 heterocycles. The van der Waals surface area contributed by atoms with Crippen molar-refractivity contribution in [2.24, 2.45) is 0 Å². The van der Waals surface area contributed by atoms with Crippen molar-refractivity contribution >= 4 is 35.9 Å². The second kappa shape index (κ2) is 8.19. The highest BCUT2D eigenvalue weighted by atomic mass is 16.7. The Kier molecular flexibility index (Phi) is 5.70. The van der Waals surface area contributed by atoms with Gasteiger partial charge in [-0.2, -0.15) is 5.26 Å². The molecule has 2 aliphatic heterocycles. The molecule has 5 rings (SSSR count). The first-order valence-electron chi connectivity index (χ1n) is 12.5. The van der Waals surface area contributed by atoms with E-state index in [1.54, 1.807) is 0 Å². The molecule has 3 aromatic carbocycles. The van der Waals surface area contributed by atoms with Crippen LogP contribution in [-0.2, 0) is 18.6 Å². The Morgan fingerprint density at radius 3 is 1.67 bits per heavy atom. The molecule has 5 nitrogen and oxygen atoms in total. The molecule has 3 aromatic rings. The molecular weight excluding hydrogens is 448 g/mol. The SMILES string of the molecule is CC1(C)OB(c2ccc3cc(-c4ccc(C#N)cc4)c(B4OC(C)(C)C(C)(C)O4)cc3c2)OC1(C)C. The van der Waals surface area contributed by atoms with Gasteiger partial charge in [0.1, 0.15) is 0 Å². The average molecular weight is 481 g/mol. The summed E-state index contributed by atoms with van der Waals surface area (Å²) < 4.78 is 25.5. The van der Waals surface area contributed by atoms with Crippen molar-refractivity contribution < 1.29 is 18.6 Å². The third kappa shape index (κ3) is 4.07. The van der Waals surface area contributed by atoms with Crippen LogP contribution in [0, 0.1) is 11.3 Å². The highest BCUT2D eigenvalue weighted by molar-refractivity contribution is 6.64. The Hall–Kier alpha value is -2.62. The van der Waals surface area contributed by atoms with Crippen molar-refractivity contribution in [1.29, 1.82) is 5.26 Å². The maximum absolute atomic E-state index is 9.25. The zero-order valence-corrected chi connectivity index (χ0v) is 22.4. The van der Waals surface area contributed by atoms with Crippen molar-refractivity contribution in [3.8, 4) is 17.2 Å². The monoisotopic (exact) mass is 481 g/mol. The lowest BCUT2D eigenvalue weighted by atomic mass is 9.72. The number of nitrogens with zero attached hydrogens (tertiary/aromatic N) is 1. The second-order valence-electron chi connectivity index (χ2n) is 11.9. The third-order valence-corrected chi connectivity index (χ3v) is 8.39. The van der Waals surface area contributed by atoms with E-state index in [-0.39, 0.29) is 0 Å². The fraction of sp³-hybridized carbons (Fsp3) is 0.414. The zero-order chi connectivity index (χ0) is 26.1. The summed E-state index contributed by atoms with van der Waals surface area (Å²) in [6.07, 6.45) is 0. The first kappa shape index (κ1) is 25.0. The molecule has 0 bridgehead atoms. The number of hydrogen-bond donors (Lipinski definition) is 0. The van der Waals surface area contributed by atoms with Gasteiger partial charge in [-0.3, -0.25) is 0 Å². The van der Waals surface area contributed by atoms with Crippen LogP contribution in [0.5, 0.6) is 0 Å². The molecule has 0 saturated carbocycles. The smallest absolute Gasteiger partial charge is 0.399 e. The minimum Gasteiger partial charge on any atom is -0.399 e. The molecular formula is C29H33B2NO4. The first-order chi connectivity index (χ1) is 16.7. The quantitative estimate of drug-likeness (QED) is 0.495. The molecule has 0 aromatic heterocycles. The summed E-state index contributed by atoms with van der Waals surface area (Å²) in [4.78, 5) is 0. The van der Waals surface area contributed by atoms with Gasteiger partial charge in [-0.15, -0.1) is 0 Å². The van der Waals surface area contributed by atoms with Crippen molar-refractivity contribution in [1.82, 2.24) is 0 Å². The van der Waals surface area contributed by atoms with Gasteiger partial charge in [-0.05, 0) is 106 Å². The fourth-order valence-electron chi connectivity index (χ4n) is 4.60. The van der Waals surface area contributed by atoms with Gasteiger partial charge in [0.05, 0.1) is 34.0 Å². The highest BCUT2D eigenvalue weighted by Gasteiger charge is 2.53. The van der Waals surface area contributed by atoms with Gasteiger partial charge in [0.15, 0.2) is 0 Å². The van der Waals surface area contributed by atoms with E-state index in [0.29, 0.717) is 5.56 Å². The molecule has 2 saturated heterocycles. The molecule has 2 aliphatic rings. The van der Waals surface area contributed by atoms with Crippen LogP contribution in [0.1, 0.15) is 61.0 Å². The largest absolute Gasteiger partial charge is 0.495 e. The summed E-state index contributed by atoms with van der Waals surface area (Å²) in [6.45, 7) is 16.5. The van der Waals surface area contributed by atoms with E-state index >= 15 is 0 Å². The molecule has 0 N–H and O–H groups in total. The van der Waals surface area contributed by atoms with Gasteiger partial charge in [-0.1, -0.05) is 36.4 Å². The molecule has 184 valence electrons. The van der Waals surface area contributed by atoms with Gasteiger partial charge in [0.25, 0.3) is 0 Å². The van der Waals surface area contributed by atoms with Gasteiger partial charge >= 0.3 is 14.2 Å². The maximum Gasteiger partial charge on any atom is 0.495 e. The summed E-state index contributed by atoms with van der Waals surface area (Å²) in [5.41, 5.74) is 2.87. The van der Waals surface area contributed by atoms with E-state index in [0.717, 1.165) is 32.8 Å². The second-order valence-corrected chi connectivity index (χ2v) is 11.9. The third-order valence-electron chi connectivity index (χ3n) is 8.39. The molecule has 2 fully saturated rings. The van der Waals surface area contributed by atoms with Gasteiger partial charge in [0.2, 0.25) is 0 Å². The van der Waals surface area contributed by atoms with E-state index in [1.165, 1.54) is 0 Å². The summed E-state index contributed by atoms with van der Waals surface area (Å²) in [6, 6.07) is 20.5.